The topological polar surface area (TPSA) is 96.6 Å². The average molecular weight is 391 g/mol. The number of carboxylic acid groups (broad SMARTS) is 1. The summed E-state index contributed by atoms with van der Waals surface area (Å²) in [5, 5.41) is 13.5. The van der Waals surface area contributed by atoms with E-state index in [4.69, 9.17) is 5.11 Å². The largest absolute Gasteiger partial charge is 0.477 e. The number of hydrogen-bond acceptors (Lipinski definition) is 5. The Kier molecular flexibility index (Phi) is 4.48. The van der Waals surface area contributed by atoms with E-state index in [9.17, 15) is 9.59 Å². The van der Waals surface area contributed by atoms with Gasteiger partial charge in [-0.2, -0.15) is 5.10 Å². The molecule has 7 nitrogen and oxygen atoms in total. The second kappa shape index (κ2) is 6.56. The van der Waals surface area contributed by atoms with Gasteiger partial charge in [0.25, 0.3) is 5.56 Å². The van der Waals surface area contributed by atoms with Crippen LogP contribution in [0.5, 0.6) is 0 Å². The van der Waals surface area contributed by atoms with Crippen molar-refractivity contribution in [2.75, 3.05) is 5.43 Å². The maximum atomic E-state index is 12.4. The zero-order valence-corrected chi connectivity index (χ0v) is 14.4. The van der Waals surface area contributed by atoms with Gasteiger partial charge in [0.05, 0.1) is 5.69 Å². The number of benzene rings is 1. The Hall–Kier alpha value is -2.48. The van der Waals surface area contributed by atoms with Crippen LogP contribution in [0, 0.1) is 0 Å². The molecule has 0 fully saturated rings. The zero-order valence-electron chi connectivity index (χ0n) is 12.9. The highest BCUT2D eigenvalue weighted by Crippen LogP contribution is 2.22. The van der Waals surface area contributed by atoms with E-state index in [1.165, 1.54) is 4.57 Å². The quantitative estimate of drug-likeness (QED) is 0.785. The SMILES string of the molecule is CC1CC/C(=N\Nc2ccc(Br)cc2)c2ncc(C(=O)O)c(=O)n21. The molecule has 1 atom stereocenters. The third-order valence-electron chi connectivity index (χ3n) is 3.89. The van der Waals surface area contributed by atoms with Gasteiger partial charge in [-0.15, -0.1) is 0 Å². The first kappa shape index (κ1) is 16.4. The van der Waals surface area contributed by atoms with Crippen molar-refractivity contribution in [1.29, 1.82) is 0 Å². The van der Waals surface area contributed by atoms with Crippen LogP contribution in [0.3, 0.4) is 0 Å². The van der Waals surface area contributed by atoms with Crippen LogP contribution in [-0.4, -0.2) is 26.3 Å². The molecule has 0 radical (unpaired) electrons. The number of nitrogens with one attached hydrogen (secondary N) is 1. The van der Waals surface area contributed by atoms with Crippen LogP contribution >= 0.6 is 15.9 Å². The minimum atomic E-state index is -1.27. The molecule has 0 spiro atoms. The van der Waals surface area contributed by atoms with Gasteiger partial charge in [0.1, 0.15) is 11.3 Å². The molecule has 1 aromatic carbocycles. The molecule has 2 aromatic rings. The first-order chi connectivity index (χ1) is 11.5. The molecule has 3 rings (SSSR count). The fraction of sp³-hybridized carbons (Fsp3) is 0.250. The van der Waals surface area contributed by atoms with Gasteiger partial charge in [-0.1, -0.05) is 15.9 Å². The lowest BCUT2D eigenvalue weighted by atomic mass is 10.0. The van der Waals surface area contributed by atoms with Crippen LogP contribution in [-0.2, 0) is 0 Å². The average Bonchev–Trinajstić information content (AvgIpc) is 2.55. The second-order valence-electron chi connectivity index (χ2n) is 5.54. The van der Waals surface area contributed by atoms with Crippen molar-refractivity contribution < 1.29 is 9.90 Å². The van der Waals surface area contributed by atoms with E-state index >= 15 is 0 Å². The molecular formula is C16H15BrN4O3. The van der Waals surface area contributed by atoms with E-state index in [-0.39, 0.29) is 11.6 Å². The van der Waals surface area contributed by atoms with Crippen LogP contribution in [0.4, 0.5) is 5.69 Å². The molecule has 0 aliphatic carbocycles. The molecule has 2 N–H and O–H groups in total. The lowest BCUT2D eigenvalue weighted by molar-refractivity contribution is 0.0693. The number of carbonyl (C=O) groups is 1. The molecule has 1 aliphatic rings. The van der Waals surface area contributed by atoms with E-state index in [0.29, 0.717) is 24.4 Å². The number of aromatic carboxylic acids is 1. The molecule has 1 aliphatic heterocycles. The smallest absolute Gasteiger partial charge is 0.342 e. The Morgan fingerprint density at radius 3 is 2.79 bits per heavy atom. The Labute approximate surface area is 146 Å². The molecule has 1 unspecified atom stereocenters. The first-order valence-electron chi connectivity index (χ1n) is 7.40. The number of anilines is 1. The summed E-state index contributed by atoms with van der Waals surface area (Å²) in [4.78, 5) is 27.7. The predicted molar refractivity (Wildman–Crippen MR) is 93.7 cm³/mol. The van der Waals surface area contributed by atoms with Gasteiger partial charge in [-0.25, -0.2) is 9.78 Å². The predicted octanol–water partition coefficient (Wildman–Crippen LogP) is 2.88. The van der Waals surface area contributed by atoms with Crippen LogP contribution < -0.4 is 11.0 Å². The maximum Gasteiger partial charge on any atom is 0.342 e. The van der Waals surface area contributed by atoms with Crippen molar-refractivity contribution in [2.24, 2.45) is 5.10 Å². The number of halogens is 1. The van der Waals surface area contributed by atoms with Gasteiger partial charge < -0.3 is 5.11 Å². The van der Waals surface area contributed by atoms with Crippen LogP contribution in [0.25, 0.3) is 0 Å². The first-order valence-corrected chi connectivity index (χ1v) is 8.20. The van der Waals surface area contributed by atoms with E-state index in [1.54, 1.807) is 0 Å². The fourth-order valence-electron chi connectivity index (χ4n) is 2.59. The molecule has 1 aromatic heterocycles. The van der Waals surface area contributed by atoms with Crippen molar-refractivity contribution in [2.45, 2.75) is 25.8 Å². The Balaban J connectivity index is 1.98. The van der Waals surface area contributed by atoms with E-state index < -0.39 is 11.5 Å². The molecule has 2 heterocycles. The third-order valence-corrected chi connectivity index (χ3v) is 4.41. The van der Waals surface area contributed by atoms with Gasteiger partial charge in [-0.05, 0) is 44.0 Å². The van der Waals surface area contributed by atoms with Crippen molar-refractivity contribution in [3.05, 3.63) is 56.7 Å². The van der Waals surface area contributed by atoms with Crippen molar-refractivity contribution in [3.63, 3.8) is 0 Å². The number of fused-ring (bicyclic) bond motifs is 1. The third kappa shape index (κ3) is 3.09. The lowest BCUT2D eigenvalue weighted by Crippen LogP contribution is -2.37. The summed E-state index contributed by atoms with van der Waals surface area (Å²) in [6.07, 6.45) is 2.45. The summed E-state index contributed by atoms with van der Waals surface area (Å²) in [5.74, 6) is -0.861. The van der Waals surface area contributed by atoms with Crippen molar-refractivity contribution >= 4 is 33.3 Å². The molecule has 0 saturated carbocycles. The van der Waals surface area contributed by atoms with Crippen LogP contribution in [0.1, 0.15) is 42.0 Å². The number of rotatable bonds is 3. The molecule has 8 heteroatoms. The fourth-order valence-corrected chi connectivity index (χ4v) is 2.85. The number of aromatic nitrogens is 2. The van der Waals surface area contributed by atoms with Gasteiger partial charge >= 0.3 is 5.97 Å². The minimum Gasteiger partial charge on any atom is -0.477 e. The van der Waals surface area contributed by atoms with Gasteiger partial charge in [0.15, 0.2) is 5.82 Å². The summed E-state index contributed by atoms with van der Waals surface area (Å²) in [7, 11) is 0. The minimum absolute atomic E-state index is 0.120. The molecule has 0 saturated heterocycles. The molecular weight excluding hydrogens is 376 g/mol. The Morgan fingerprint density at radius 1 is 1.42 bits per heavy atom. The zero-order chi connectivity index (χ0) is 17.3. The summed E-state index contributed by atoms with van der Waals surface area (Å²) < 4.78 is 2.38. The number of nitrogens with zero attached hydrogens (tertiary/aromatic N) is 3. The summed E-state index contributed by atoms with van der Waals surface area (Å²) in [6, 6.07) is 7.40. The van der Waals surface area contributed by atoms with Crippen molar-refractivity contribution in [3.8, 4) is 0 Å². The van der Waals surface area contributed by atoms with E-state index in [2.05, 4.69) is 31.4 Å². The highest BCUT2D eigenvalue weighted by Gasteiger charge is 2.26. The van der Waals surface area contributed by atoms with E-state index in [0.717, 1.165) is 16.4 Å². The van der Waals surface area contributed by atoms with E-state index in [1.807, 2.05) is 31.2 Å². The van der Waals surface area contributed by atoms with Gasteiger partial charge in [-0.3, -0.25) is 14.8 Å². The van der Waals surface area contributed by atoms with Gasteiger partial charge in [0, 0.05) is 16.7 Å². The second-order valence-corrected chi connectivity index (χ2v) is 6.46. The van der Waals surface area contributed by atoms with Crippen LogP contribution in [0.2, 0.25) is 0 Å². The number of hydrazone groups is 1. The number of hydrogen-bond donors (Lipinski definition) is 2. The molecule has 24 heavy (non-hydrogen) atoms. The lowest BCUT2D eigenvalue weighted by Gasteiger charge is -2.25. The summed E-state index contributed by atoms with van der Waals surface area (Å²) in [5.41, 5.74) is 3.51. The standard InChI is InChI=1S/C16H15BrN4O3/c1-9-2-7-13(20-19-11-5-3-10(17)4-6-11)14-18-8-12(16(23)24)15(22)21(9)14/h3-6,8-9,19H,2,7H2,1H3,(H,23,24)/b20-13+. The Bertz CT molecular complexity index is 874. The highest BCUT2D eigenvalue weighted by molar-refractivity contribution is 9.10. The number of carboxylic acids is 1. The van der Waals surface area contributed by atoms with Gasteiger partial charge in [0.2, 0.25) is 0 Å². The Morgan fingerprint density at radius 2 is 2.12 bits per heavy atom. The maximum absolute atomic E-state index is 12.4. The summed E-state index contributed by atoms with van der Waals surface area (Å²) >= 11 is 3.37. The molecule has 0 bridgehead atoms. The van der Waals surface area contributed by atoms with Crippen LogP contribution in [0.15, 0.2) is 44.8 Å². The normalized spacial score (nSPS) is 18.2. The molecule has 0 amide bonds. The highest BCUT2D eigenvalue weighted by atomic mass is 79.9. The summed E-state index contributed by atoms with van der Waals surface area (Å²) in [6.45, 7) is 1.87. The monoisotopic (exact) mass is 390 g/mol. The molecule has 124 valence electrons. The van der Waals surface area contributed by atoms with Crippen molar-refractivity contribution in [1.82, 2.24) is 9.55 Å².